The summed E-state index contributed by atoms with van der Waals surface area (Å²) in [7, 11) is 3.87. The number of ether oxygens (including phenoxy) is 2. The van der Waals surface area contributed by atoms with Gasteiger partial charge in [-0.05, 0) is 50.8 Å². The number of hydrogen-bond acceptors (Lipinski definition) is 7. The van der Waals surface area contributed by atoms with E-state index in [9.17, 15) is 13.6 Å². The molecule has 166 valence electrons. The lowest BCUT2D eigenvalue weighted by molar-refractivity contribution is -0.286. The molecular weight excluding hydrogens is 408 g/mol. The molecule has 1 aliphatic carbocycles. The molecule has 2 heterocycles. The van der Waals surface area contributed by atoms with Crippen molar-refractivity contribution in [3.8, 4) is 11.5 Å². The minimum Gasteiger partial charge on any atom is -0.395 e. The number of fused-ring (bicyclic) bond motifs is 1. The standard InChI is InChI=1S/C21H25F2N5O3/c1-12-24-18(11-19(25-12)28(2)3)26-14-5-7-15(8-6-14)27-20(29)13-4-9-16-17(10-13)31-21(22,23)30-16/h4,9-11,14-15H,5-8H2,1-3H3,(H,27,29)(H,24,25,26)/t14-,15+. The van der Waals surface area contributed by atoms with Crippen molar-refractivity contribution < 1.29 is 23.0 Å². The number of carbonyl (C=O) groups is 1. The van der Waals surface area contributed by atoms with E-state index in [2.05, 4.69) is 30.1 Å². The van der Waals surface area contributed by atoms with Crippen molar-refractivity contribution in [2.24, 2.45) is 0 Å². The van der Waals surface area contributed by atoms with E-state index in [0.717, 1.165) is 37.3 Å². The van der Waals surface area contributed by atoms with Crippen LogP contribution in [0.4, 0.5) is 20.4 Å². The van der Waals surface area contributed by atoms with Crippen LogP contribution < -0.4 is 25.0 Å². The molecule has 1 amide bonds. The minimum absolute atomic E-state index is 0.0156. The van der Waals surface area contributed by atoms with Crippen molar-refractivity contribution in [3.63, 3.8) is 0 Å². The van der Waals surface area contributed by atoms with Gasteiger partial charge in [-0.15, -0.1) is 8.78 Å². The van der Waals surface area contributed by atoms with Crippen molar-refractivity contribution in [1.82, 2.24) is 15.3 Å². The first-order valence-corrected chi connectivity index (χ1v) is 10.2. The van der Waals surface area contributed by atoms with E-state index in [4.69, 9.17) is 0 Å². The molecule has 0 saturated heterocycles. The first-order valence-electron chi connectivity index (χ1n) is 10.2. The lowest BCUT2D eigenvalue weighted by atomic mass is 9.91. The van der Waals surface area contributed by atoms with E-state index < -0.39 is 6.29 Å². The maximum atomic E-state index is 13.2. The Kier molecular flexibility index (Phi) is 5.55. The van der Waals surface area contributed by atoms with Crippen molar-refractivity contribution in [3.05, 3.63) is 35.7 Å². The number of rotatable bonds is 5. The second-order valence-electron chi connectivity index (χ2n) is 8.05. The lowest BCUT2D eigenvalue weighted by Crippen LogP contribution is -2.40. The number of amides is 1. The predicted octanol–water partition coefficient (Wildman–Crippen LogP) is 3.33. The summed E-state index contributed by atoms with van der Waals surface area (Å²) in [5.41, 5.74) is 0.257. The molecule has 0 bridgehead atoms. The summed E-state index contributed by atoms with van der Waals surface area (Å²) in [5.74, 6) is 1.81. The number of benzene rings is 1. The van der Waals surface area contributed by atoms with Crippen molar-refractivity contribution in [2.45, 2.75) is 51.0 Å². The normalized spacial score (nSPS) is 21.5. The zero-order valence-corrected chi connectivity index (χ0v) is 17.6. The van der Waals surface area contributed by atoms with Gasteiger partial charge in [-0.25, -0.2) is 9.97 Å². The molecule has 0 atom stereocenters. The molecule has 1 aromatic heterocycles. The predicted molar refractivity (Wildman–Crippen MR) is 111 cm³/mol. The van der Waals surface area contributed by atoms with Crippen LogP contribution in [0.3, 0.4) is 0 Å². The monoisotopic (exact) mass is 433 g/mol. The Bertz CT molecular complexity index is 977. The van der Waals surface area contributed by atoms with Gasteiger partial charge in [0.15, 0.2) is 11.5 Å². The third-order valence-electron chi connectivity index (χ3n) is 5.36. The SMILES string of the molecule is Cc1nc(N[C@H]2CC[C@@H](NC(=O)c3ccc4c(c3)OC(F)(F)O4)CC2)cc(N(C)C)n1. The van der Waals surface area contributed by atoms with Crippen LogP contribution >= 0.6 is 0 Å². The van der Waals surface area contributed by atoms with Crippen LogP contribution in [-0.4, -0.2) is 48.3 Å². The number of alkyl halides is 2. The number of nitrogens with one attached hydrogen (secondary N) is 2. The van der Waals surface area contributed by atoms with E-state index in [1.165, 1.54) is 18.2 Å². The Hall–Kier alpha value is -3.17. The Morgan fingerprint density at radius 2 is 1.74 bits per heavy atom. The maximum absolute atomic E-state index is 13.2. The van der Waals surface area contributed by atoms with Gasteiger partial charge in [0.05, 0.1) is 0 Å². The van der Waals surface area contributed by atoms with Gasteiger partial charge in [-0.1, -0.05) is 0 Å². The number of hydrogen-bond donors (Lipinski definition) is 2. The number of halogens is 2. The highest BCUT2D eigenvalue weighted by Crippen LogP contribution is 2.41. The van der Waals surface area contributed by atoms with E-state index in [0.29, 0.717) is 5.82 Å². The molecule has 2 aliphatic rings. The summed E-state index contributed by atoms with van der Waals surface area (Å²) in [6, 6.07) is 6.23. The topological polar surface area (TPSA) is 88.6 Å². The summed E-state index contributed by atoms with van der Waals surface area (Å²) >= 11 is 0. The van der Waals surface area contributed by atoms with Gasteiger partial charge in [0.25, 0.3) is 5.91 Å². The minimum atomic E-state index is -3.70. The fourth-order valence-corrected chi connectivity index (χ4v) is 3.81. The highest BCUT2D eigenvalue weighted by Gasteiger charge is 2.43. The largest absolute Gasteiger partial charge is 0.586 e. The molecule has 1 aromatic carbocycles. The summed E-state index contributed by atoms with van der Waals surface area (Å²) in [5, 5.41) is 6.45. The molecule has 8 nitrogen and oxygen atoms in total. The number of aryl methyl sites for hydroxylation is 1. The van der Waals surface area contributed by atoms with E-state index in [1.54, 1.807) is 0 Å². The fraction of sp³-hybridized carbons (Fsp3) is 0.476. The first-order chi connectivity index (χ1) is 14.7. The molecule has 4 rings (SSSR count). The van der Waals surface area contributed by atoms with Crippen LogP contribution in [0.2, 0.25) is 0 Å². The average Bonchev–Trinajstić information content (AvgIpc) is 3.01. The van der Waals surface area contributed by atoms with Gasteiger partial charge >= 0.3 is 6.29 Å². The molecule has 2 aromatic rings. The summed E-state index contributed by atoms with van der Waals surface area (Å²) in [4.78, 5) is 23.3. The summed E-state index contributed by atoms with van der Waals surface area (Å²) in [6.45, 7) is 1.86. The molecule has 1 saturated carbocycles. The molecule has 2 N–H and O–H groups in total. The van der Waals surface area contributed by atoms with Crippen LogP contribution in [0.1, 0.15) is 41.9 Å². The van der Waals surface area contributed by atoms with Gasteiger partial charge in [0.2, 0.25) is 0 Å². The van der Waals surface area contributed by atoms with Gasteiger partial charge in [-0.3, -0.25) is 4.79 Å². The molecule has 0 spiro atoms. The highest BCUT2D eigenvalue weighted by molar-refractivity contribution is 5.95. The maximum Gasteiger partial charge on any atom is 0.586 e. The molecular formula is C21H25F2N5O3. The Morgan fingerprint density at radius 3 is 2.45 bits per heavy atom. The van der Waals surface area contributed by atoms with Crippen molar-refractivity contribution >= 4 is 17.5 Å². The van der Waals surface area contributed by atoms with Crippen LogP contribution in [-0.2, 0) is 0 Å². The smallest absolute Gasteiger partial charge is 0.395 e. The van der Waals surface area contributed by atoms with Crippen molar-refractivity contribution in [1.29, 1.82) is 0 Å². The van der Waals surface area contributed by atoms with Gasteiger partial charge in [-0.2, -0.15) is 0 Å². The van der Waals surface area contributed by atoms with Gasteiger partial charge in [0.1, 0.15) is 17.5 Å². The first kappa shape index (κ1) is 21.1. The lowest BCUT2D eigenvalue weighted by Gasteiger charge is -2.30. The average molecular weight is 433 g/mol. The Balaban J connectivity index is 1.30. The zero-order chi connectivity index (χ0) is 22.2. The molecule has 31 heavy (non-hydrogen) atoms. The Morgan fingerprint density at radius 1 is 1.06 bits per heavy atom. The van der Waals surface area contributed by atoms with Gasteiger partial charge in [0, 0.05) is 37.8 Å². The third-order valence-corrected chi connectivity index (χ3v) is 5.36. The number of nitrogens with zero attached hydrogens (tertiary/aromatic N) is 3. The molecule has 1 fully saturated rings. The zero-order valence-electron chi connectivity index (χ0n) is 17.6. The van der Waals surface area contributed by atoms with Crippen LogP contribution in [0, 0.1) is 6.92 Å². The van der Waals surface area contributed by atoms with Gasteiger partial charge < -0.3 is 25.0 Å². The van der Waals surface area contributed by atoms with E-state index in [1.807, 2.05) is 32.0 Å². The van der Waals surface area contributed by atoms with Crippen molar-refractivity contribution in [2.75, 3.05) is 24.3 Å². The van der Waals surface area contributed by atoms with E-state index >= 15 is 0 Å². The summed E-state index contributed by atoms with van der Waals surface area (Å²) in [6.07, 6.45) is -0.344. The molecule has 0 radical (unpaired) electrons. The number of anilines is 2. The number of carbonyl (C=O) groups excluding carboxylic acids is 1. The molecule has 1 aliphatic heterocycles. The second-order valence-corrected chi connectivity index (χ2v) is 8.05. The van der Waals surface area contributed by atoms with Crippen LogP contribution in [0.15, 0.2) is 24.3 Å². The second kappa shape index (κ2) is 8.16. The highest BCUT2D eigenvalue weighted by atomic mass is 19.3. The fourth-order valence-electron chi connectivity index (χ4n) is 3.81. The van der Waals surface area contributed by atoms with Crippen LogP contribution in [0.5, 0.6) is 11.5 Å². The Labute approximate surface area is 179 Å². The quantitative estimate of drug-likeness (QED) is 0.748. The van der Waals surface area contributed by atoms with Crippen LogP contribution in [0.25, 0.3) is 0 Å². The third kappa shape index (κ3) is 4.95. The molecule has 0 unspecified atom stereocenters. The number of aromatic nitrogens is 2. The summed E-state index contributed by atoms with van der Waals surface area (Å²) < 4.78 is 35.1. The van der Waals surface area contributed by atoms with E-state index in [-0.39, 0.29) is 35.1 Å². The molecule has 10 heteroatoms.